The number of carbonyl (C=O) groups is 6. The van der Waals surface area contributed by atoms with Crippen LogP contribution in [-0.4, -0.2) is 90.0 Å². The van der Waals surface area contributed by atoms with Gasteiger partial charge in [-0.2, -0.15) is 0 Å². The van der Waals surface area contributed by atoms with Gasteiger partial charge in [0.15, 0.2) is 0 Å². The van der Waals surface area contributed by atoms with Crippen LogP contribution < -0.4 is 43.8 Å². The summed E-state index contributed by atoms with van der Waals surface area (Å²) in [6, 6.07) is 11.4. The SMILES string of the molecule is CC(C)C[C@H](NC(=O)[C@H](CCCCN)NC(=O)[C@@H](N)CCCCN)C(=O)N[C@H](C(=O)N[C@@H](Cc1ccccc1)C(=O)N[C@@H](Cc1ccccc1)C(=O)O)C(C)C. The molecule has 6 atom stereocenters. The number of carbonyl (C=O) groups excluding carboxylic acids is 5. The second-order valence-corrected chi connectivity index (χ2v) is 15.0. The van der Waals surface area contributed by atoms with Crippen molar-refractivity contribution in [3.8, 4) is 0 Å². The molecule has 0 fully saturated rings. The van der Waals surface area contributed by atoms with Crippen molar-refractivity contribution in [2.24, 2.45) is 29.0 Å². The number of benzene rings is 2. The Morgan fingerprint density at radius 3 is 1.50 bits per heavy atom. The molecule has 0 radical (unpaired) electrons. The maximum Gasteiger partial charge on any atom is 0.326 e. The van der Waals surface area contributed by atoms with Crippen LogP contribution in [0.15, 0.2) is 60.7 Å². The molecule has 2 aromatic carbocycles. The van der Waals surface area contributed by atoms with E-state index >= 15 is 0 Å². The number of hydrogen-bond acceptors (Lipinski definition) is 9. The molecule has 0 aliphatic carbocycles. The van der Waals surface area contributed by atoms with Crippen LogP contribution in [0.2, 0.25) is 0 Å². The van der Waals surface area contributed by atoms with Crippen molar-refractivity contribution in [3.63, 3.8) is 0 Å². The number of rotatable bonds is 26. The molecule has 310 valence electrons. The monoisotopic (exact) mass is 780 g/mol. The van der Waals surface area contributed by atoms with Crippen LogP contribution in [0, 0.1) is 11.8 Å². The molecule has 56 heavy (non-hydrogen) atoms. The Hall–Kier alpha value is -4.86. The average Bonchev–Trinajstić information content (AvgIpc) is 3.16. The second kappa shape index (κ2) is 25.3. The molecule has 15 heteroatoms. The summed E-state index contributed by atoms with van der Waals surface area (Å²) in [6.07, 6.45) is 3.52. The van der Waals surface area contributed by atoms with E-state index in [9.17, 15) is 33.9 Å². The molecule has 0 aliphatic heterocycles. The molecule has 0 heterocycles. The lowest BCUT2D eigenvalue weighted by atomic mass is 9.98. The topological polar surface area (TPSA) is 261 Å². The predicted octanol–water partition coefficient (Wildman–Crippen LogP) is 1.27. The highest BCUT2D eigenvalue weighted by Crippen LogP contribution is 2.12. The fourth-order valence-corrected chi connectivity index (χ4v) is 6.09. The highest BCUT2D eigenvalue weighted by Gasteiger charge is 2.34. The van der Waals surface area contributed by atoms with Crippen molar-refractivity contribution in [2.45, 2.75) is 122 Å². The maximum absolute atomic E-state index is 14.0. The van der Waals surface area contributed by atoms with Gasteiger partial charge in [-0.15, -0.1) is 0 Å². The Labute approximate surface area is 331 Å². The molecule has 0 saturated carbocycles. The number of hydrogen-bond donors (Lipinski definition) is 9. The number of nitrogens with one attached hydrogen (secondary N) is 5. The normalized spacial score (nSPS) is 14.4. The van der Waals surface area contributed by atoms with Crippen LogP contribution in [0.5, 0.6) is 0 Å². The highest BCUT2D eigenvalue weighted by atomic mass is 16.4. The van der Waals surface area contributed by atoms with Gasteiger partial charge in [0, 0.05) is 12.8 Å². The van der Waals surface area contributed by atoms with Gasteiger partial charge in [0.25, 0.3) is 0 Å². The summed E-state index contributed by atoms with van der Waals surface area (Å²) >= 11 is 0. The summed E-state index contributed by atoms with van der Waals surface area (Å²) in [5, 5.41) is 23.6. The molecule has 0 bridgehead atoms. The minimum Gasteiger partial charge on any atom is -0.480 e. The minimum absolute atomic E-state index is 0.0285. The zero-order chi connectivity index (χ0) is 41.6. The van der Waals surface area contributed by atoms with E-state index in [1.165, 1.54) is 0 Å². The van der Waals surface area contributed by atoms with Gasteiger partial charge in [-0.25, -0.2) is 4.79 Å². The summed E-state index contributed by atoms with van der Waals surface area (Å²) in [5.74, 6) is -4.78. The van der Waals surface area contributed by atoms with Crippen molar-refractivity contribution >= 4 is 35.5 Å². The second-order valence-electron chi connectivity index (χ2n) is 15.0. The van der Waals surface area contributed by atoms with E-state index in [1.54, 1.807) is 68.4 Å². The summed E-state index contributed by atoms with van der Waals surface area (Å²) in [5.41, 5.74) is 18.8. The van der Waals surface area contributed by atoms with Gasteiger partial charge in [-0.05, 0) is 74.6 Å². The Kier molecular flexibility index (Phi) is 21.4. The number of amides is 5. The van der Waals surface area contributed by atoms with Crippen molar-refractivity contribution in [2.75, 3.05) is 13.1 Å². The summed E-state index contributed by atoms with van der Waals surface area (Å²) in [7, 11) is 0. The largest absolute Gasteiger partial charge is 0.480 e. The summed E-state index contributed by atoms with van der Waals surface area (Å²) in [4.78, 5) is 80.4. The van der Waals surface area contributed by atoms with E-state index < -0.39 is 77.7 Å². The molecule has 0 unspecified atom stereocenters. The van der Waals surface area contributed by atoms with E-state index in [4.69, 9.17) is 17.2 Å². The van der Waals surface area contributed by atoms with Gasteiger partial charge >= 0.3 is 5.97 Å². The third-order valence-electron chi connectivity index (χ3n) is 9.29. The zero-order valence-corrected chi connectivity index (χ0v) is 33.3. The van der Waals surface area contributed by atoms with E-state index in [2.05, 4.69) is 26.6 Å². The Morgan fingerprint density at radius 2 is 1.00 bits per heavy atom. The fourth-order valence-electron chi connectivity index (χ4n) is 6.09. The Balaban J connectivity index is 2.28. The number of carboxylic acid groups (broad SMARTS) is 1. The standard InChI is InChI=1S/C41H64N8O7/c1-26(2)23-32(46-37(51)31(20-12-14-22-43)45-36(50)30(44)19-11-13-21-42)39(53)49-35(27(3)4)40(54)47-33(24-28-15-7-5-8-16-28)38(52)48-34(41(55)56)25-29-17-9-6-10-18-29/h5-10,15-18,26-27,30-35H,11-14,19-25,42-44H2,1-4H3,(H,45,50)(H,46,51)(H,47,54)(H,48,52)(H,49,53)(H,55,56)/t30-,31-,32-,33-,34-,35-/m0/s1. The van der Waals surface area contributed by atoms with Crippen LogP contribution in [0.3, 0.4) is 0 Å². The van der Waals surface area contributed by atoms with Crippen LogP contribution >= 0.6 is 0 Å². The van der Waals surface area contributed by atoms with Gasteiger partial charge < -0.3 is 48.9 Å². The van der Waals surface area contributed by atoms with Crippen molar-refractivity contribution < 1.29 is 33.9 Å². The van der Waals surface area contributed by atoms with Crippen molar-refractivity contribution in [1.82, 2.24) is 26.6 Å². The molecule has 0 saturated heterocycles. The van der Waals surface area contributed by atoms with E-state index in [0.29, 0.717) is 50.8 Å². The molecular weight excluding hydrogens is 716 g/mol. The van der Waals surface area contributed by atoms with Crippen LogP contribution in [0.25, 0.3) is 0 Å². The van der Waals surface area contributed by atoms with Crippen molar-refractivity contribution in [3.05, 3.63) is 71.8 Å². The lowest BCUT2D eigenvalue weighted by Gasteiger charge is -2.29. The van der Waals surface area contributed by atoms with Gasteiger partial charge in [0.1, 0.15) is 30.2 Å². The molecule has 2 rings (SSSR count). The number of aliphatic carboxylic acids is 1. The molecule has 5 amide bonds. The van der Waals surface area contributed by atoms with Gasteiger partial charge in [-0.1, -0.05) is 94.8 Å². The number of carboxylic acids is 1. The quantitative estimate of drug-likeness (QED) is 0.0618. The van der Waals surface area contributed by atoms with E-state index in [0.717, 1.165) is 5.56 Å². The molecule has 2 aromatic rings. The van der Waals surface area contributed by atoms with E-state index in [1.807, 2.05) is 19.9 Å². The Morgan fingerprint density at radius 1 is 0.554 bits per heavy atom. The van der Waals surface area contributed by atoms with Gasteiger partial charge in [-0.3, -0.25) is 24.0 Å². The molecule has 12 N–H and O–H groups in total. The molecule has 0 aromatic heterocycles. The first-order valence-corrected chi connectivity index (χ1v) is 19.6. The third kappa shape index (κ3) is 17.3. The third-order valence-corrected chi connectivity index (χ3v) is 9.29. The first-order valence-electron chi connectivity index (χ1n) is 19.6. The molecule has 15 nitrogen and oxygen atoms in total. The van der Waals surface area contributed by atoms with Gasteiger partial charge in [0.05, 0.1) is 6.04 Å². The minimum atomic E-state index is -1.27. The van der Waals surface area contributed by atoms with Crippen molar-refractivity contribution in [1.29, 1.82) is 0 Å². The molecular formula is C41H64N8O7. The van der Waals surface area contributed by atoms with Crippen LogP contribution in [0.4, 0.5) is 0 Å². The molecule has 0 aliphatic rings. The van der Waals surface area contributed by atoms with Crippen LogP contribution in [-0.2, 0) is 41.6 Å². The molecule has 0 spiro atoms. The number of unbranched alkanes of at least 4 members (excludes halogenated alkanes) is 2. The smallest absolute Gasteiger partial charge is 0.326 e. The fraction of sp³-hybridized carbons (Fsp3) is 0.561. The van der Waals surface area contributed by atoms with E-state index in [-0.39, 0.29) is 31.6 Å². The lowest BCUT2D eigenvalue weighted by molar-refractivity contribution is -0.142. The maximum atomic E-state index is 14.0. The first-order chi connectivity index (χ1) is 26.7. The zero-order valence-electron chi connectivity index (χ0n) is 33.3. The number of nitrogens with two attached hydrogens (primary N) is 3. The summed E-state index contributed by atoms with van der Waals surface area (Å²) in [6.45, 7) is 8.10. The summed E-state index contributed by atoms with van der Waals surface area (Å²) < 4.78 is 0. The predicted molar refractivity (Wildman–Crippen MR) is 216 cm³/mol. The Bertz CT molecular complexity index is 1530. The first kappa shape index (κ1) is 47.3. The van der Waals surface area contributed by atoms with Crippen LogP contribution in [0.1, 0.15) is 83.8 Å². The van der Waals surface area contributed by atoms with Gasteiger partial charge in [0.2, 0.25) is 29.5 Å². The highest BCUT2D eigenvalue weighted by molar-refractivity contribution is 5.96. The average molecular weight is 781 g/mol. The lowest BCUT2D eigenvalue weighted by Crippen LogP contribution is -2.60.